The van der Waals surface area contributed by atoms with E-state index < -0.39 is 0 Å². The topological polar surface area (TPSA) is 73.6 Å². The van der Waals surface area contributed by atoms with E-state index in [1.165, 1.54) is 0 Å². The monoisotopic (exact) mass is 252 g/mol. The maximum Gasteiger partial charge on any atom is 0.250 e. The van der Waals surface area contributed by atoms with Gasteiger partial charge in [-0.3, -0.25) is 4.79 Å². The summed E-state index contributed by atoms with van der Waals surface area (Å²) in [5.41, 5.74) is 7.98. The molecule has 0 heterocycles. The second kappa shape index (κ2) is 6.98. The molecule has 5 heteroatoms. The summed E-state index contributed by atoms with van der Waals surface area (Å²) in [6.07, 6.45) is -0.109. The van der Waals surface area contributed by atoms with E-state index in [0.717, 1.165) is 5.56 Å². The molecule has 1 atom stereocenters. The zero-order chi connectivity index (χ0) is 13.5. The fraction of sp³-hybridized carbons (Fsp3) is 0.462. The number of methoxy groups -OCH3 is 1. The van der Waals surface area contributed by atoms with Gasteiger partial charge in [0.15, 0.2) is 0 Å². The number of nitrogen functional groups attached to an aromatic ring is 1. The number of benzene rings is 1. The molecule has 0 aromatic heterocycles. The summed E-state index contributed by atoms with van der Waals surface area (Å²) < 4.78 is 10.2. The first kappa shape index (κ1) is 14.5. The van der Waals surface area contributed by atoms with Crippen LogP contribution in [0.4, 0.5) is 11.4 Å². The van der Waals surface area contributed by atoms with Gasteiger partial charge in [0.1, 0.15) is 6.61 Å². The first-order valence-corrected chi connectivity index (χ1v) is 5.80. The number of ether oxygens (including phenoxy) is 2. The molecule has 0 fully saturated rings. The van der Waals surface area contributed by atoms with E-state index in [1.54, 1.807) is 19.2 Å². The Morgan fingerprint density at radius 2 is 2.22 bits per heavy atom. The van der Waals surface area contributed by atoms with Crippen LogP contribution in [0.25, 0.3) is 0 Å². The van der Waals surface area contributed by atoms with Gasteiger partial charge in [-0.05, 0) is 31.5 Å². The molecular formula is C13H20N2O3. The fourth-order valence-corrected chi connectivity index (χ4v) is 1.48. The molecule has 5 nitrogen and oxygen atoms in total. The van der Waals surface area contributed by atoms with Crippen LogP contribution in [-0.4, -0.2) is 32.3 Å². The molecule has 0 aliphatic heterocycles. The summed E-state index contributed by atoms with van der Waals surface area (Å²) in [5, 5.41) is 2.76. The largest absolute Gasteiger partial charge is 0.398 e. The van der Waals surface area contributed by atoms with Gasteiger partial charge in [-0.1, -0.05) is 6.07 Å². The predicted molar refractivity (Wildman–Crippen MR) is 71.5 cm³/mol. The third-order valence-electron chi connectivity index (χ3n) is 2.55. The van der Waals surface area contributed by atoms with Gasteiger partial charge in [0.25, 0.3) is 0 Å². The molecule has 1 aromatic rings. The number of carbonyl (C=O) groups excluding carboxylic acids is 1. The van der Waals surface area contributed by atoms with Gasteiger partial charge in [-0.15, -0.1) is 0 Å². The second-order valence-corrected chi connectivity index (χ2v) is 4.14. The highest BCUT2D eigenvalue weighted by atomic mass is 16.5. The van der Waals surface area contributed by atoms with Crippen molar-refractivity contribution in [2.75, 3.05) is 31.4 Å². The van der Waals surface area contributed by atoms with E-state index >= 15 is 0 Å². The molecule has 1 rings (SSSR count). The van der Waals surface area contributed by atoms with Gasteiger partial charge in [0, 0.05) is 18.5 Å². The van der Waals surface area contributed by atoms with Crippen LogP contribution in [0.15, 0.2) is 18.2 Å². The fourth-order valence-electron chi connectivity index (χ4n) is 1.48. The minimum atomic E-state index is -0.202. The van der Waals surface area contributed by atoms with Crippen molar-refractivity contribution in [3.05, 3.63) is 23.8 Å². The third-order valence-corrected chi connectivity index (χ3v) is 2.55. The van der Waals surface area contributed by atoms with Crippen molar-refractivity contribution < 1.29 is 14.3 Å². The van der Waals surface area contributed by atoms with Crippen molar-refractivity contribution in [1.29, 1.82) is 0 Å². The van der Waals surface area contributed by atoms with E-state index in [9.17, 15) is 4.79 Å². The Hall–Kier alpha value is -1.59. The minimum Gasteiger partial charge on any atom is -0.398 e. The SMILES string of the molecule is COCC(C)OCC(=O)Nc1cccc(N)c1C. The molecule has 0 radical (unpaired) electrons. The average Bonchev–Trinajstić information content (AvgIpc) is 2.33. The molecule has 0 bridgehead atoms. The van der Waals surface area contributed by atoms with Gasteiger partial charge in [-0.2, -0.15) is 0 Å². The molecule has 100 valence electrons. The molecule has 1 unspecified atom stereocenters. The highest BCUT2D eigenvalue weighted by molar-refractivity contribution is 5.93. The highest BCUT2D eigenvalue weighted by Crippen LogP contribution is 2.20. The molecule has 0 saturated heterocycles. The summed E-state index contributed by atoms with van der Waals surface area (Å²) in [4.78, 5) is 11.7. The lowest BCUT2D eigenvalue weighted by Crippen LogP contribution is -2.24. The van der Waals surface area contributed by atoms with Crippen molar-refractivity contribution in [2.45, 2.75) is 20.0 Å². The zero-order valence-electron chi connectivity index (χ0n) is 11.0. The van der Waals surface area contributed by atoms with Crippen LogP contribution in [0.2, 0.25) is 0 Å². The molecule has 0 aliphatic carbocycles. The standard InChI is InChI=1S/C13H20N2O3/c1-9(7-17-3)18-8-13(16)15-12-6-4-5-11(14)10(12)2/h4-6,9H,7-8,14H2,1-3H3,(H,15,16). The van der Waals surface area contributed by atoms with Crippen molar-refractivity contribution in [3.63, 3.8) is 0 Å². The van der Waals surface area contributed by atoms with Crippen LogP contribution in [0.3, 0.4) is 0 Å². The van der Waals surface area contributed by atoms with E-state index in [0.29, 0.717) is 18.0 Å². The Balaban J connectivity index is 2.47. The van der Waals surface area contributed by atoms with Crippen LogP contribution in [-0.2, 0) is 14.3 Å². The van der Waals surface area contributed by atoms with E-state index in [2.05, 4.69) is 5.32 Å². The molecule has 3 N–H and O–H groups in total. The van der Waals surface area contributed by atoms with Gasteiger partial charge in [0.05, 0.1) is 12.7 Å². The lowest BCUT2D eigenvalue weighted by atomic mass is 10.1. The first-order chi connectivity index (χ1) is 8.54. The lowest BCUT2D eigenvalue weighted by Gasteiger charge is -2.13. The second-order valence-electron chi connectivity index (χ2n) is 4.14. The van der Waals surface area contributed by atoms with Gasteiger partial charge in [0.2, 0.25) is 5.91 Å². The zero-order valence-corrected chi connectivity index (χ0v) is 11.0. The normalized spacial score (nSPS) is 12.2. The Labute approximate surface area is 107 Å². The summed E-state index contributed by atoms with van der Waals surface area (Å²) >= 11 is 0. The predicted octanol–water partition coefficient (Wildman–Crippen LogP) is 1.57. The number of nitrogens with one attached hydrogen (secondary N) is 1. The Bertz CT molecular complexity index is 407. The van der Waals surface area contributed by atoms with Crippen molar-refractivity contribution in [3.8, 4) is 0 Å². The number of rotatable bonds is 6. The molecule has 1 amide bonds. The van der Waals surface area contributed by atoms with Crippen molar-refractivity contribution >= 4 is 17.3 Å². The van der Waals surface area contributed by atoms with Crippen LogP contribution in [0.5, 0.6) is 0 Å². The van der Waals surface area contributed by atoms with Crippen LogP contribution < -0.4 is 11.1 Å². The Kier molecular flexibility index (Phi) is 5.61. The molecule has 0 saturated carbocycles. The van der Waals surface area contributed by atoms with Crippen LogP contribution in [0.1, 0.15) is 12.5 Å². The number of carbonyl (C=O) groups is 1. The van der Waals surface area contributed by atoms with Gasteiger partial charge >= 0.3 is 0 Å². The van der Waals surface area contributed by atoms with E-state index in [4.69, 9.17) is 15.2 Å². The summed E-state index contributed by atoms with van der Waals surface area (Å²) in [5.74, 6) is -0.202. The summed E-state index contributed by atoms with van der Waals surface area (Å²) in [6, 6.07) is 5.40. The number of anilines is 2. The highest BCUT2D eigenvalue weighted by Gasteiger charge is 2.08. The first-order valence-electron chi connectivity index (χ1n) is 5.80. The number of hydrogen-bond acceptors (Lipinski definition) is 4. The molecule has 18 heavy (non-hydrogen) atoms. The quantitative estimate of drug-likeness (QED) is 0.754. The smallest absolute Gasteiger partial charge is 0.250 e. The Morgan fingerprint density at radius 1 is 1.50 bits per heavy atom. The van der Waals surface area contributed by atoms with Crippen molar-refractivity contribution in [1.82, 2.24) is 0 Å². The summed E-state index contributed by atoms with van der Waals surface area (Å²) in [6.45, 7) is 4.17. The number of nitrogens with two attached hydrogens (primary N) is 1. The average molecular weight is 252 g/mol. The number of amides is 1. The third kappa shape index (κ3) is 4.35. The van der Waals surface area contributed by atoms with Crippen LogP contribution >= 0.6 is 0 Å². The molecule has 0 aliphatic rings. The summed E-state index contributed by atoms with van der Waals surface area (Å²) in [7, 11) is 1.59. The van der Waals surface area contributed by atoms with E-state index in [-0.39, 0.29) is 18.6 Å². The van der Waals surface area contributed by atoms with Crippen molar-refractivity contribution in [2.24, 2.45) is 0 Å². The van der Waals surface area contributed by atoms with Gasteiger partial charge < -0.3 is 20.5 Å². The maximum absolute atomic E-state index is 11.7. The van der Waals surface area contributed by atoms with E-state index in [1.807, 2.05) is 19.9 Å². The number of hydrogen-bond donors (Lipinski definition) is 2. The molecule has 1 aromatic carbocycles. The Morgan fingerprint density at radius 3 is 2.89 bits per heavy atom. The minimum absolute atomic E-state index is 0.00122. The molecule has 0 spiro atoms. The lowest BCUT2D eigenvalue weighted by molar-refractivity contribution is -0.123. The maximum atomic E-state index is 11.7. The van der Waals surface area contributed by atoms with Crippen LogP contribution in [0, 0.1) is 6.92 Å². The van der Waals surface area contributed by atoms with Gasteiger partial charge in [-0.25, -0.2) is 0 Å². The molecular weight excluding hydrogens is 232 g/mol.